The Hall–Kier alpha value is -1.06. The van der Waals surface area contributed by atoms with Crippen LogP contribution in [0.2, 0.25) is 0 Å². The predicted molar refractivity (Wildman–Crippen MR) is 74.7 cm³/mol. The third-order valence-corrected chi connectivity index (χ3v) is 2.90. The zero-order chi connectivity index (χ0) is 14.9. The molecule has 1 unspecified atom stereocenters. The van der Waals surface area contributed by atoms with Crippen LogP contribution in [-0.4, -0.2) is 24.6 Å². The maximum atomic E-state index is 11.7. The first-order valence-electron chi connectivity index (χ1n) is 7.16. The van der Waals surface area contributed by atoms with Gasteiger partial charge in [-0.15, -0.1) is 0 Å². The topological polar surface area (TPSA) is 52.6 Å². The summed E-state index contributed by atoms with van der Waals surface area (Å²) in [7, 11) is 0. The van der Waals surface area contributed by atoms with Crippen LogP contribution in [0, 0.1) is 5.41 Å². The van der Waals surface area contributed by atoms with Gasteiger partial charge in [-0.05, 0) is 18.3 Å². The van der Waals surface area contributed by atoms with E-state index in [0.29, 0.717) is 6.61 Å². The Morgan fingerprint density at radius 3 is 2.11 bits per heavy atom. The molecule has 19 heavy (non-hydrogen) atoms. The molecule has 0 heterocycles. The van der Waals surface area contributed by atoms with Gasteiger partial charge < -0.3 is 9.47 Å². The third kappa shape index (κ3) is 8.62. The van der Waals surface area contributed by atoms with Crippen LogP contribution in [-0.2, 0) is 19.1 Å². The van der Waals surface area contributed by atoms with E-state index in [1.54, 1.807) is 0 Å². The molecule has 4 heteroatoms. The van der Waals surface area contributed by atoms with Crippen molar-refractivity contribution < 1.29 is 19.1 Å². The summed E-state index contributed by atoms with van der Waals surface area (Å²) in [6.07, 6.45) is 2.70. The molecule has 1 atom stereocenters. The molecule has 0 N–H and O–H groups in total. The Morgan fingerprint density at radius 1 is 1.05 bits per heavy atom. The van der Waals surface area contributed by atoms with Crippen molar-refractivity contribution in [2.24, 2.45) is 5.41 Å². The molecule has 0 saturated carbocycles. The Kier molecular flexibility index (Phi) is 8.44. The first kappa shape index (κ1) is 17.9. The SMILES string of the molecule is CCCCOC(=O)CCC(=O)OC(CC)C(C)(C)C. The van der Waals surface area contributed by atoms with E-state index < -0.39 is 0 Å². The molecular formula is C15H28O4. The van der Waals surface area contributed by atoms with Crippen LogP contribution in [0.1, 0.15) is 66.7 Å². The highest BCUT2D eigenvalue weighted by Gasteiger charge is 2.26. The molecule has 0 bridgehead atoms. The monoisotopic (exact) mass is 272 g/mol. The van der Waals surface area contributed by atoms with E-state index in [0.717, 1.165) is 19.3 Å². The second kappa shape index (κ2) is 8.94. The Morgan fingerprint density at radius 2 is 1.63 bits per heavy atom. The van der Waals surface area contributed by atoms with Crippen molar-refractivity contribution in [2.75, 3.05) is 6.61 Å². The van der Waals surface area contributed by atoms with Crippen LogP contribution in [0.3, 0.4) is 0 Å². The number of hydrogen-bond donors (Lipinski definition) is 0. The number of rotatable bonds is 8. The smallest absolute Gasteiger partial charge is 0.306 e. The van der Waals surface area contributed by atoms with Crippen molar-refractivity contribution in [1.82, 2.24) is 0 Å². The fourth-order valence-electron chi connectivity index (χ4n) is 1.70. The maximum Gasteiger partial charge on any atom is 0.306 e. The van der Waals surface area contributed by atoms with Crippen molar-refractivity contribution >= 4 is 11.9 Å². The van der Waals surface area contributed by atoms with Gasteiger partial charge in [0.2, 0.25) is 0 Å². The fourth-order valence-corrected chi connectivity index (χ4v) is 1.70. The third-order valence-electron chi connectivity index (χ3n) is 2.90. The number of esters is 2. The average Bonchev–Trinajstić information content (AvgIpc) is 2.32. The minimum absolute atomic E-state index is 0.0773. The van der Waals surface area contributed by atoms with E-state index in [1.165, 1.54) is 0 Å². The van der Waals surface area contributed by atoms with Gasteiger partial charge in [-0.3, -0.25) is 9.59 Å². The van der Waals surface area contributed by atoms with Gasteiger partial charge in [0.15, 0.2) is 0 Å². The van der Waals surface area contributed by atoms with E-state index in [4.69, 9.17) is 9.47 Å². The normalized spacial score (nSPS) is 12.9. The number of carbonyl (C=O) groups excluding carboxylic acids is 2. The molecule has 0 aliphatic heterocycles. The number of carbonyl (C=O) groups is 2. The summed E-state index contributed by atoms with van der Waals surface area (Å²) in [5, 5.41) is 0. The van der Waals surface area contributed by atoms with Gasteiger partial charge in [0, 0.05) is 0 Å². The Bertz CT molecular complexity index is 278. The van der Waals surface area contributed by atoms with E-state index in [9.17, 15) is 9.59 Å². The van der Waals surface area contributed by atoms with Crippen molar-refractivity contribution in [1.29, 1.82) is 0 Å². The summed E-state index contributed by atoms with van der Waals surface area (Å²) in [5.41, 5.74) is -0.0773. The Balaban J connectivity index is 3.95. The highest BCUT2D eigenvalue weighted by Crippen LogP contribution is 2.25. The summed E-state index contributed by atoms with van der Waals surface area (Å²) < 4.78 is 10.4. The molecule has 0 radical (unpaired) electrons. The number of ether oxygens (including phenoxy) is 2. The molecule has 0 rings (SSSR count). The highest BCUT2D eigenvalue weighted by atomic mass is 16.5. The van der Waals surface area contributed by atoms with E-state index in [1.807, 2.05) is 34.6 Å². The zero-order valence-electron chi connectivity index (χ0n) is 13.0. The maximum absolute atomic E-state index is 11.7. The van der Waals surface area contributed by atoms with Gasteiger partial charge in [-0.1, -0.05) is 41.0 Å². The lowest BCUT2D eigenvalue weighted by atomic mass is 9.87. The quantitative estimate of drug-likeness (QED) is 0.501. The number of hydrogen-bond acceptors (Lipinski definition) is 4. The summed E-state index contributed by atoms with van der Waals surface area (Å²) in [5.74, 6) is -0.650. The largest absolute Gasteiger partial charge is 0.466 e. The number of unbranched alkanes of at least 4 members (excludes halogenated alkanes) is 1. The molecule has 0 spiro atoms. The lowest BCUT2D eigenvalue weighted by molar-refractivity contribution is -0.158. The van der Waals surface area contributed by atoms with Crippen molar-refractivity contribution in [2.45, 2.75) is 72.8 Å². The van der Waals surface area contributed by atoms with Crippen LogP contribution < -0.4 is 0 Å². The molecule has 0 aliphatic carbocycles. The standard InChI is InChI=1S/C15H28O4/c1-6-8-11-18-13(16)9-10-14(17)19-12(7-2)15(3,4)5/h12H,6-11H2,1-5H3. The van der Waals surface area contributed by atoms with Crippen LogP contribution >= 0.6 is 0 Å². The second-order valence-electron chi connectivity index (χ2n) is 5.83. The van der Waals surface area contributed by atoms with Gasteiger partial charge in [-0.25, -0.2) is 0 Å². The van der Waals surface area contributed by atoms with E-state index >= 15 is 0 Å². The molecule has 0 aromatic rings. The second-order valence-corrected chi connectivity index (χ2v) is 5.83. The zero-order valence-corrected chi connectivity index (χ0v) is 13.0. The summed E-state index contributed by atoms with van der Waals surface area (Å²) in [4.78, 5) is 23.0. The molecule has 4 nitrogen and oxygen atoms in total. The molecule has 0 saturated heterocycles. The lowest BCUT2D eigenvalue weighted by Gasteiger charge is -2.29. The van der Waals surface area contributed by atoms with Gasteiger partial charge in [-0.2, -0.15) is 0 Å². The molecule has 0 aromatic carbocycles. The molecule has 0 aliphatic rings. The average molecular weight is 272 g/mol. The summed E-state index contributed by atoms with van der Waals surface area (Å²) >= 11 is 0. The Labute approximate surface area is 116 Å². The van der Waals surface area contributed by atoms with Gasteiger partial charge >= 0.3 is 11.9 Å². The van der Waals surface area contributed by atoms with Crippen LogP contribution in [0.15, 0.2) is 0 Å². The predicted octanol–water partition coefficient (Wildman–Crippen LogP) is 3.48. The van der Waals surface area contributed by atoms with Gasteiger partial charge in [0.25, 0.3) is 0 Å². The molecule has 0 aromatic heterocycles. The van der Waals surface area contributed by atoms with Crippen molar-refractivity contribution in [3.63, 3.8) is 0 Å². The molecule has 0 amide bonds. The van der Waals surface area contributed by atoms with Gasteiger partial charge in [0.05, 0.1) is 19.4 Å². The molecule has 0 fully saturated rings. The minimum Gasteiger partial charge on any atom is -0.466 e. The van der Waals surface area contributed by atoms with Gasteiger partial charge in [0.1, 0.15) is 6.10 Å². The highest BCUT2D eigenvalue weighted by molar-refractivity contribution is 5.77. The van der Waals surface area contributed by atoms with Crippen molar-refractivity contribution in [3.8, 4) is 0 Å². The minimum atomic E-state index is -0.325. The van der Waals surface area contributed by atoms with E-state index in [2.05, 4.69) is 0 Å². The van der Waals surface area contributed by atoms with Crippen LogP contribution in [0.5, 0.6) is 0 Å². The first-order chi connectivity index (χ1) is 8.81. The van der Waals surface area contributed by atoms with Crippen LogP contribution in [0.4, 0.5) is 0 Å². The fraction of sp³-hybridized carbons (Fsp3) is 0.867. The molecular weight excluding hydrogens is 244 g/mol. The summed E-state index contributed by atoms with van der Waals surface area (Å²) in [6.45, 7) is 10.6. The van der Waals surface area contributed by atoms with E-state index in [-0.39, 0.29) is 36.3 Å². The van der Waals surface area contributed by atoms with Crippen LogP contribution in [0.25, 0.3) is 0 Å². The first-order valence-corrected chi connectivity index (χ1v) is 7.16. The summed E-state index contributed by atoms with van der Waals surface area (Å²) in [6, 6.07) is 0. The molecule has 112 valence electrons. The lowest BCUT2D eigenvalue weighted by Crippen LogP contribution is -2.31. The van der Waals surface area contributed by atoms with Crippen molar-refractivity contribution in [3.05, 3.63) is 0 Å².